The van der Waals surface area contributed by atoms with Gasteiger partial charge in [0.1, 0.15) is 0 Å². The molecule has 5 rings (SSSR count). The number of amides is 4. The summed E-state index contributed by atoms with van der Waals surface area (Å²) in [6.45, 7) is 7.41. The van der Waals surface area contributed by atoms with Gasteiger partial charge in [0, 0.05) is 5.54 Å². The lowest BCUT2D eigenvalue weighted by Gasteiger charge is -2.33. The van der Waals surface area contributed by atoms with E-state index in [1.165, 1.54) is 41.3 Å². The van der Waals surface area contributed by atoms with Gasteiger partial charge >= 0.3 is 5.97 Å². The van der Waals surface area contributed by atoms with E-state index in [0.29, 0.717) is 12.1 Å². The highest BCUT2D eigenvalue weighted by Gasteiger charge is 2.61. The van der Waals surface area contributed by atoms with Crippen molar-refractivity contribution in [2.24, 2.45) is 23.7 Å². The molecule has 3 fully saturated rings. The molecule has 2 aromatic rings. The molecule has 0 bridgehead atoms. The van der Waals surface area contributed by atoms with Gasteiger partial charge in [-0.05, 0) is 82.0 Å². The summed E-state index contributed by atoms with van der Waals surface area (Å²) in [6.07, 6.45) is 0.946. The monoisotopic (exact) mass is 518 g/mol. The minimum atomic E-state index is -0.699. The number of hydrogen-bond donors (Lipinski definition) is 1. The Kier molecular flexibility index (Phi) is 6.12. The smallest absolute Gasteiger partial charge is 0.343 e. The van der Waals surface area contributed by atoms with E-state index in [-0.39, 0.29) is 41.7 Å². The number of anilines is 1. The van der Waals surface area contributed by atoms with Gasteiger partial charge in [-0.3, -0.25) is 29.0 Å². The predicted molar refractivity (Wildman–Crippen MR) is 136 cm³/mol. The first-order valence-electron chi connectivity index (χ1n) is 12.8. The SMILES string of the molecule is CCC(C)(C)N1C(=O)C2CC3C(=O)N(c4ccc(C(=O)Oc5cc(C)ccc5O)cc4)C(=O)C3CC2C1=O. The first-order chi connectivity index (χ1) is 17.9. The van der Waals surface area contributed by atoms with Crippen LogP contribution in [0.4, 0.5) is 5.69 Å². The van der Waals surface area contributed by atoms with Crippen molar-refractivity contribution >= 4 is 35.3 Å². The van der Waals surface area contributed by atoms with Gasteiger partial charge in [-0.1, -0.05) is 13.0 Å². The van der Waals surface area contributed by atoms with Crippen molar-refractivity contribution in [1.29, 1.82) is 0 Å². The fourth-order valence-corrected chi connectivity index (χ4v) is 5.79. The van der Waals surface area contributed by atoms with Gasteiger partial charge in [0.05, 0.1) is 34.9 Å². The van der Waals surface area contributed by atoms with Crippen LogP contribution in [0.15, 0.2) is 42.5 Å². The third kappa shape index (κ3) is 3.97. The Bertz CT molecular complexity index is 1320. The molecule has 2 aromatic carbocycles. The van der Waals surface area contributed by atoms with Crippen LogP contribution >= 0.6 is 0 Å². The van der Waals surface area contributed by atoms with Gasteiger partial charge in [-0.2, -0.15) is 0 Å². The molecule has 38 heavy (non-hydrogen) atoms. The first-order valence-corrected chi connectivity index (χ1v) is 12.8. The molecule has 4 unspecified atom stereocenters. The van der Waals surface area contributed by atoms with Crippen LogP contribution in [0.25, 0.3) is 0 Å². The molecule has 4 amide bonds. The molecule has 0 radical (unpaired) electrons. The van der Waals surface area contributed by atoms with Gasteiger partial charge in [0.2, 0.25) is 23.6 Å². The van der Waals surface area contributed by atoms with Crippen molar-refractivity contribution in [2.75, 3.05) is 4.90 Å². The minimum Gasteiger partial charge on any atom is -0.504 e. The third-order valence-electron chi connectivity index (χ3n) is 8.29. The van der Waals surface area contributed by atoms with E-state index in [2.05, 4.69) is 0 Å². The number of phenolic OH excluding ortho intramolecular Hbond substituents is 1. The minimum absolute atomic E-state index is 0.0311. The zero-order valence-electron chi connectivity index (χ0n) is 21.8. The number of benzene rings is 2. The van der Waals surface area contributed by atoms with Gasteiger partial charge in [0.15, 0.2) is 11.5 Å². The van der Waals surface area contributed by atoms with Crippen LogP contribution in [0.3, 0.4) is 0 Å². The second kappa shape index (κ2) is 9.08. The molecule has 0 spiro atoms. The lowest BCUT2D eigenvalue weighted by Crippen LogP contribution is -2.47. The summed E-state index contributed by atoms with van der Waals surface area (Å²) >= 11 is 0. The van der Waals surface area contributed by atoms with E-state index < -0.39 is 47.0 Å². The molecule has 1 aliphatic carbocycles. The predicted octanol–water partition coefficient (Wildman–Crippen LogP) is 3.61. The first kappa shape index (κ1) is 25.6. The van der Waals surface area contributed by atoms with Gasteiger partial charge in [-0.25, -0.2) is 4.79 Å². The lowest BCUT2D eigenvalue weighted by atomic mass is 9.70. The molecule has 1 N–H and O–H groups in total. The van der Waals surface area contributed by atoms with E-state index in [1.807, 2.05) is 20.8 Å². The molecule has 3 aliphatic rings. The van der Waals surface area contributed by atoms with E-state index in [0.717, 1.165) is 10.5 Å². The number of phenols is 1. The van der Waals surface area contributed by atoms with Crippen molar-refractivity contribution in [2.45, 2.75) is 52.5 Å². The highest BCUT2D eigenvalue weighted by atomic mass is 16.5. The Morgan fingerprint density at radius 2 is 1.42 bits per heavy atom. The van der Waals surface area contributed by atoms with Crippen LogP contribution in [0.1, 0.15) is 56.0 Å². The molecular formula is C29H30N2O7. The zero-order chi connectivity index (χ0) is 27.5. The number of aromatic hydroxyl groups is 1. The lowest BCUT2D eigenvalue weighted by molar-refractivity contribution is -0.146. The number of fused-ring (bicyclic) bond motifs is 2. The maximum atomic E-state index is 13.4. The number of carbonyl (C=O) groups excluding carboxylic acids is 5. The number of aryl methyl sites for hydroxylation is 1. The molecule has 2 saturated heterocycles. The van der Waals surface area contributed by atoms with Gasteiger partial charge < -0.3 is 9.84 Å². The molecule has 198 valence electrons. The number of carbonyl (C=O) groups is 5. The average Bonchev–Trinajstić information content (AvgIpc) is 3.29. The molecular weight excluding hydrogens is 488 g/mol. The number of imide groups is 2. The van der Waals surface area contributed by atoms with Crippen LogP contribution in [-0.4, -0.2) is 45.1 Å². The second-order valence-corrected chi connectivity index (χ2v) is 11.0. The van der Waals surface area contributed by atoms with E-state index in [9.17, 15) is 29.1 Å². The third-order valence-corrected chi connectivity index (χ3v) is 8.29. The molecule has 1 saturated carbocycles. The van der Waals surface area contributed by atoms with Gasteiger partial charge in [-0.15, -0.1) is 0 Å². The Morgan fingerprint density at radius 1 is 0.895 bits per heavy atom. The van der Waals surface area contributed by atoms with Crippen molar-refractivity contribution in [3.63, 3.8) is 0 Å². The van der Waals surface area contributed by atoms with Crippen molar-refractivity contribution in [1.82, 2.24) is 4.90 Å². The maximum Gasteiger partial charge on any atom is 0.343 e. The highest BCUT2D eigenvalue weighted by molar-refractivity contribution is 6.22. The summed E-state index contributed by atoms with van der Waals surface area (Å²) in [6, 6.07) is 10.5. The van der Waals surface area contributed by atoms with Crippen molar-refractivity contribution < 1.29 is 33.8 Å². The number of esters is 1. The molecule has 9 heteroatoms. The Morgan fingerprint density at radius 3 is 1.95 bits per heavy atom. The fourth-order valence-electron chi connectivity index (χ4n) is 5.79. The van der Waals surface area contributed by atoms with Crippen molar-refractivity contribution in [3.8, 4) is 11.5 Å². The van der Waals surface area contributed by atoms with E-state index in [4.69, 9.17) is 4.74 Å². The van der Waals surface area contributed by atoms with Gasteiger partial charge in [0.25, 0.3) is 0 Å². The summed E-state index contributed by atoms with van der Waals surface area (Å²) in [7, 11) is 0. The standard InChI is InChI=1S/C29H30N2O7/c1-5-29(3,4)31-26(35)20-13-18-19(14-21(20)27(31)36)25(34)30(24(18)33)17-9-7-16(8-10-17)28(37)38-23-12-15(2)6-11-22(23)32/h6-12,18-21,32H,5,13-14H2,1-4H3. The Balaban J connectivity index is 1.33. The topological polar surface area (TPSA) is 121 Å². The fraction of sp³-hybridized carbons (Fsp3) is 0.414. The van der Waals surface area contributed by atoms with Crippen LogP contribution in [-0.2, 0) is 19.2 Å². The number of hydrogen-bond acceptors (Lipinski definition) is 7. The number of rotatable bonds is 5. The molecule has 2 heterocycles. The summed E-state index contributed by atoms with van der Waals surface area (Å²) in [5.74, 6) is -4.67. The highest BCUT2D eigenvalue weighted by Crippen LogP contribution is 2.49. The van der Waals surface area contributed by atoms with Crippen molar-refractivity contribution in [3.05, 3.63) is 53.6 Å². The molecule has 9 nitrogen and oxygen atoms in total. The van der Waals surface area contributed by atoms with Crippen LogP contribution in [0, 0.1) is 30.6 Å². The number of likely N-dealkylation sites (tertiary alicyclic amines) is 1. The second-order valence-electron chi connectivity index (χ2n) is 11.0. The number of ether oxygens (including phenoxy) is 1. The van der Waals surface area contributed by atoms with Crippen LogP contribution in [0.2, 0.25) is 0 Å². The van der Waals surface area contributed by atoms with Crippen LogP contribution < -0.4 is 9.64 Å². The molecule has 4 atom stereocenters. The summed E-state index contributed by atoms with van der Waals surface area (Å²) < 4.78 is 5.30. The largest absolute Gasteiger partial charge is 0.504 e. The Hall–Kier alpha value is -4.01. The van der Waals surface area contributed by atoms with E-state index in [1.54, 1.807) is 13.0 Å². The quantitative estimate of drug-likeness (QED) is 0.365. The average molecular weight is 519 g/mol. The summed E-state index contributed by atoms with van der Waals surface area (Å²) in [5, 5.41) is 9.93. The summed E-state index contributed by atoms with van der Waals surface area (Å²) in [4.78, 5) is 68.1. The molecule has 2 aliphatic heterocycles. The number of nitrogens with zero attached hydrogens (tertiary/aromatic N) is 2. The van der Waals surface area contributed by atoms with E-state index >= 15 is 0 Å². The Labute approximate surface area is 220 Å². The summed E-state index contributed by atoms with van der Waals surface area (Å²) in [5.41, 5.74) is 0.668. The normalized spacial score (nSPS) is 25.1. The maximum absolute atomic E-state index is 13.4. The van der Waals surface area contributed by atoms with Crippen LogP contribution in [0.5, 0.6) is 11.5 Å². The molecule has 0 aromatic heterocycles. The zero-order valence-corrected chi connectivity index (χ0v) is 21.8.